The van der Waals surface area contributed by atoms with Crippen molar-refractivity contribution < 1.29 is 4.74 Å². The molecule has 0 aromatic rings. The average Bonchev–Trinajstić information content (AvgIpc) is 2.42. The summed E-state index contributed by atoms with van der Waals surface area (Å²) in [5, 5.41) is 3.64. The smallest absolute Gasteiger partial charge is 0.0599 e. The summed E-state index contributed by atoms with van der Waals surface area (Å²) in [6.45, 7) is 7.98. The van der Waals surface area contributed by atoms with Crippen LogP contribution in [0.15, 0.2) is 0 Å². The van der Waals surface area contributed by atoms with Gasteiger partial charge in [0.2, 0.25) is 0 Å². The molecular weight excluding hydrogens is 224 g/mol. The van der Waals surface area contributed by atoms with Crippen LogP contribution in [0.5, 0.6) is 0 Å². The SMILES string of the molecule is CCOC1CCN(CCCC2CCCCN2)CC1. The molecule has 0 aromatic carbocycles. The molecule has 2 saturated heterocycles. The Hall–Kier alpha value is -0.120. The molecule has 1 atom stereocenters. The van der Waals surface area contributed by atoms with Gasteiger partial charge in [0.1, 0.15) is 0 Å². The van der Waals surface area contributed by atoms with Gasteiger partial charge in [-0.1, -0.05) is 6.42 Å². The number of hydrogen-bond acceptors (Lipinski definition) is 3. The van der Waals surface area contributed by atoms with Gasteiger partial charge in [-0.3, -0.25) is 0 Å². The van der Waals surface area contributed by atoms with Crippen LogP contribution in [0.4, 0.5) is 0 Å². The van der Waals surface area contributed by atoms with Crippen molar-refractivity contribution in [3.05, 3.63) is 0 Å². The standard InChI is InChI=1S/C15H30N2O/c1-2-18-15-8-12-17(13-9-15)11-5-7-14-6-3-4-10-16-14/h14-16H,2-13H2,1H3. The summed E-state index contributed by atoms with van der Waals surface area (Å²) in [7, 11) is 0. The molecule has 0 saturated carbocycles. The Morgan fingerprint density at radius 3 is 2.67 bits per heavy atom. The van der Waals surface area contributed by atoms with Gasteiger partial charge in [-0.05, 0) is 58.5 Å². The highest BCUT2D eigenvalue weighted by molar-refractivity contribution is 4.75. The van der Waals surface area contributed by atoms with Crippen LogP contribution >= 0.6 is 0 Å². The van der Waals surface area contributed by atoms with E-state index in [9.17, 15) is 0 Å². The zero-order valence-electron chi connectivity index (χ0n) is 12.0. The first-order valence-corrected chi connectivity index (χ1v) is 7.96. The third-order valence-corrected chi connectivity index (χ3v) is 4.38. The highest BCUT2D eigenvalue weighted by atomic mass is 16.5. The molecule has 1 unspecified atom stereocenters. The number of hydrogen-bond donors (Lipinski definition) is 1. The molecule has 2 aliphatic heterocycles. The molecule has 2 heterocycles. The average molecular weight is 254 g/mol. The zero-order valence-corrected chi connectivity index (χ0v) is 12.0. The fourth-order valence-corrected chi connectivity index (χ4v) is 3.27. The summed E-state index contributed by atoms with van der Waals surface area (Å²) in [5.74, 6) is 0. The molecule has 106 valence electrons. The molecule has 0 amide bonds. The molecule has 2 fully saturated rings. The van der Waals surface area contributed by atoms with Crippen LogP contribution in [0.1, 0.15) is 51.9 Å². The minimum absolute atomic E-state index is 0.534. The van der Waals surface area contributed by atoms with Crippen molar-refractivity contribution in [3.63, 3.8) is 0 Å². The first kappa shape index (κ1) is 14.3. The Balaban J connectivity index is 1.52. The third-order valence-electron chi connectivity index (χ3n) is 4.38. The van der Waals surface area contributed by atoms with Crippen LogP contribution in [0, 0.1) is 0 Å². The number of rotatable bonds is 6. The molecule has 0 aromatic heterocycles. The van der Waals surface area contributed by atoms with Crippen LogP contribution in [-0.4, -0.2) is 49.8 Å². The van der Waals surface area contributed by atoms with E-state index in [1.165, 1.54) is 71.1 Å². The molecule has 3 nitrogen and oxygen atoms in total. The molecule has 0 radical (unpaired) electrons. The molecule has 3 heteroatoms. The predicted molar refractivity (Wildman–Crippen MR) is 76.0 cm³/mol. The Labute approximate surface area is 112 Å². The van der Waals surface area contributed by atoms with E-state index in [1.807, 2.05) is 0 Å². The van der Waals surface area contributed by atoms with Gasteiger partial charge in [0.25, 0.3) is 0 Å². The van der Waals surface area contributed by atoms with Crippen molar-refractivity contribution in [2.75, 3.05) is 32.8 Å². The zero-order chi connectivity index (χ0) is 12.6. The quantitative estimate of drug-likeness (QED) is 0.788. The molecule has 1 N–H and O–H groups in total. The Morgan fingerprint density at radius 2 is 2.00 bits per heavy atom. The van der Waals surface area contributed by atoms with E-state index in [0.717, 1.165) is 12.6 Å². The maximum absolute atomic E-state index is 5.69. The van der Waals surface area contributed by atoms with Gasteiger partial charge < -0.3 is 15.0 Å². The Kier molecular flexibility index (Phi) is 6.46. The number of nitrogens with zero attached hydrogens (tertiary/aromatic N) is 1. The van der Waals surface area contributed by atoms with Crippen LogP contribution < -0.4 is 5.32 Å². The van der Waals surface area contributed by atoms with Gasteiger partial charge in [0, 0.05) is 25.7 Å². The maximum Gasteiger partial charge on any atom is 0.0599 e. The number of nitrogens with one attached hydrogen (secondary N) is 1. The molecule has 0 bridgehead atoms. The second-order valence-corrected chi connectivity index (χ2v) is 5.79. The molecular formula is C15H30N2O. The van der Waals surface area contributed by atoms with Crippen LogP contribution in [0.2, 0.25) is 0 Å². The van der Waals surface area contributed by atoms with E-state index in [2.05, 4.69) is 17.1 Å². The Morgan fingerprint density at radius 1 is 1.17 bits per heavy atom. The van der Waals surface area contributed by atoms with Crippen LogP contribution in [0.25, 0.3) is 0 Å². The number of piperidine rings is 2. The first-order valence-electron chi connectivity index (χ1n) is 7.96. The van der Waals surface area contributed by atoms with E-state index in [0.29, 0.717) is 6.10 Å². The van der Waals surface area contributed by atoms with Crippen molar-refractivity contribution in [1.29, 1.82) is 0 Å². The maximum atomic E-state index is 5.69. The van der Waals surface area contributed by atoms with E-state index in [1.54, 1.807) is 0 Å². The fraction of sp³-hybridized carbons (Fsp3) is 1.00. The summed E-state index contributed by atoms with van der Waals surface area (Å²) >= 11 is 0. The summed E-state index contributed by atoms with van der Waals surface area (Å²) in [4.78, 5) is 2.62. The summed E-state index contributed by atoms with van der Waals surface area (Å²) in [5.41, 5.74) is 0. The second-order valence-electron chi connectivity index (χ2n) is 5.79. The monoisotopic (exact) mass is 254 g/mol. The lowest BCUT2D eigenvalue weighted by Gasteiger charge is -2.32. The predicted octanol–water partition coefficient (Wildman–Crippen LogP) is 2.41. The topological polar surface area (TPSA) is 24.5 Å². The lowest BCUT2D eigenvalue weighted by molar-refractivity contribution is 0.0138. The highest BCUT2D eigenvalue weighted by Crippen LogP contribution is 2.16. The van der Waals surface area contributed by atoms with E-state index >= 15 is 0 Å². The Bertz CT molecular complexity index is 209. The minimum Gasteiger partial charge on any atom is -0.378 e. The van der Waals surface area contributed by atoms with Gasteiger partial charge in [-0.15, -0.1) is 0 Å². The van der Waals surface area contributed by atoms with Gasteiger partial charge in [-0.2, -0.15) is 0 Å². The summed E-state index contributed by atoms with van der Waals surface area (Å²) in [6, 6.07) is 0.805. The summed E-state index contributed by atoms with van der Waals surface area (Å²) < 4.78 is 5.69. The normalized spacial score (nSPS) is 27.5. The second kappa shape index (κ2) is 8.13. The first-order chi connectivity index (χ1) is 8.88. The third kappa shape index (κ3) is 4.87. The van der Waals surface area contributed by atoms with Gasteiger partial charge in [0.05, 0.1) is 6.10 Å². The van der Waals surface area contributed by atoms with Crippen LogP contribution in [-0.2, 0) is 4.74 Å². The highest BCUT2D eigenvalue weighted by Gasteiger charge is 2.19. The lowest BCUT2D eigenvalue weighted by atomic mass is 10.00. The van der Waals surface area contributed by atoms with Crippen molar-refractivity contribution in [2.45, 2.75) is 64.0 Å². The summed E-state index contributed by atoms with van der Waals surface area (Å²) in [6.07, 6.45) is 9.92. The van der Waals surface area contributed by atoms with Gasteiger partial charge in [0.15, 0.2) is 0 Å². The largest absolute Gasteiger partial charge is 0.378 e. The van der Waals surface area contributed by atoms with E-state index < -0.39 is 0 Å². The van der Waals surface area contributed by atoms with Crippen molar-refractivity contribution in [1.82, 2.24) is 10.2 Å². The van der Waals surface area contributed by atoms with Crippen molar-refractivity contribution in [2.24, 2.45) is 0 Å². The van der Waals surface area contributed by atoms with Gasteiger partial charge in [-0.25, -0.2) is 0 Å². The van der Waals surface area contributed by atoms with E-state index in [-0.39, 0.29) is 0 Å². The number of likely N-dealkylation sites (tertiary alicyclic amines) is 1. The molecule has 0 aliphatic carbocycles. The van der Waals surface area contributed by atoms with E-state index in [4.69, 9.17) is 4.74 Å². The van der Waals surface area contributed by atoms with Crippen molar-refractivity contribution >= 4 is 0 Å². The lowest BCUT2D eigenvalue weighted by Crippen LogP contribution is -2.39. The molecule has 0 spiro atoms. The van der Waals surface area contributed by atoms with Gasteiger partial charge >= 0.3 is 0 Å². The fourth-order valence-electron chi connectivity index (χ4n) is 3.27. The molecule has 18 heavy (non-hydrogen) atoms. The number of ether oxygens (including phenoxy) is 1. The molecule has 2 rings (SSSR count). The minimum atomic E-state index is 0.534. The molecule has 2 aliphatic rings. The van der Waals surface area contributed by atoms with Crippen LogP contribution in [0.3, 0.4) is 0 Å². The van der Waals surface area contributed by atoms with Crippen molar-refractivity contribution in [3.8, 4) is 0 Å².